The summed E-state index contributed by atoms with van der Waals surface area (Å²) >= 11 is 0. The Kier molecular flexibility index (Phi) is 5.67. The molecule has 1 aromatic carbocycles. The van der Waals surface area contributed by atoms with E-state index in [0.717, 1.165) is 23.2 Å². The number of hydrogen-bond donors (Lipinski definition) is 1. The first-order valence-corrected chi connectivity index (χ1v) is 10.3. The van der Waals surface area contributed by atoms with Gasteiger partial charge in [0.1, 0.15) is 0 Å². The number of carbonyl (C=O) groups excluding carboxylic acids is 2. The fourth-order valence-electron chi connectivity index (χ4n) is 4.41. The molecule has 154 valence electrons. The van der Waals surface area contributed by atoms with E-state index < -0.39 is 0 Å². The molecule has 2 amide bonds. The van der Waals surface area contributed by atoms with E-state index in [-0.39, 0.29) is 23.7 Å². The van der Waals surface area contributed by atoms with E-state index >= 15 is 0 Å². The number of nitrogens with zero attached hydrogens (tertiary/aromatic N) is 4. The van der Waals surface area contributed by atoms with Crippen LogP contribution in [0.3, 0.4) is 0 Å². The van der Waals surface area contributed by atoms with Gasteiger partial charge >= 0.3 is 0 Å². The molecular formula is C22H29N5O2. The Hall–Kier alpha value is -2.67. The molecule has 4 rings (SSSR count). The Morgan fingerprint density at radius 3 is 2.52 bits per heavy atom. The summed E-state index contributed by atoms with van der Waals surface area (Å²) in [7, 11) is 1.90. The highest BCUT2D eigenvalue weighted by atomic mass is 16.2. The van der Waals surface area contributed by atoms with Crippen LogP contribution >= 0.6 is 0 Å². The van der Waals surface area contributed by atoms with Gasteiger partial charge in [-0.2, -0.15) is 5.10 Å². The highest BCUT2D eigenvalue weighted by Gasteiger charge is 2.38. The SMILES string of the molecule is Cc1ccccc1CC(=O)N1CCN(C(=O)[C@H]2CNC[C@@H]2c2cnn(C)c2)CC1. The fourth-order valence-corrected chi connectivity index (χ4v) is 4.41. The third kappa shape index (κ3) is 4.19. The number of carbonyl (C=O) groups is 2. The quantitative estimate of drug-likeness (QED) is 0.837. The number of nitrogens with one attached hydrogen (secondary N) is 1. The van der Waals surface area contributed by atoms with Gasteiger partial charge in [0.25, 0.3) is 0 Å². The molecule has 2 aliphatic rings. The van der Waals surface area contributed by atoms with Crippen LogP contribution in [0, 0.1) is 12.8 Å². The summed E-state index contributed by atoms with van der Waals surface area (Å²) in [6.07, 6.45) is 4.29. The smallest absolute Gasteiger partial charge is 0.227 e. The molecule has 2 saturated heterocycles. The number of amides is 2. The molecule has 0 radical (unpaired) electrons. The number of rotatable bonds is 4. The lowest BCUT2D eigenvalue weighted by Gasteiger charge is -2.36. The average molecular weight is 396 g/mol. The van der Waals surface area contributed by atoms with Crippen molar-refractivity contribution in [2.45, 2.75) is 19.3 Å². The molecule has 7 heteroatoms. The summed E-state index contributed by atoms with van der Waals surface area (Å²) in [5, 5.41) is 7.62. The van der Waals surface area contributed by atoms with Crippen molar-refractivity contribution >= 4 is 11.8 Å². The molecule has 1 aromatic heterocycles. The summed E-state index contributed by atoms with van der Waals surface area (Å²) in [6, 6.07) is 8.01. The van der Waals surface area contributed by atoms with E-state index in [0.29, 0.717) is 39.1 Å². The molecule has 2 aliphatic heterocycles. The first kappa shape index (κ1) is 19.6. The van der Waals surface area contributed by atoms with Gasteiger partial charge in [-0.1, -0.05) is 24.3 Å². The molecule has 0 spiro atoms. The summed E-state index contributed by atoms with van der Waals surface area (Å²) in [4.78, 5) is 29.7. The second-order valence-electron chi connectivity index (χ2n) is 8.13. The molecule has 3 heterocycles. The Balaban J connectivity index is 1.33. The zero-order chi connectivity index (χ0) is 20.4. The molecule has 2 aromatic rings. The van der Waals surface area contributed by atoms with E-state index in [2.05, 4.69) is 10.4 Å². The van der Waals surface area contributed by atoms with Gasteiger partial charge in [0.05, 0.1) is 18.5 Å². The molecule has 2 atom stereocenters. The van der Waals surface area contributed by atoms with Crippen molar-refractivity contribution in [3.8, 4) is 0 Å². The van der Waals surface area contributed by atoms with Crippen molar-refractivity contribution in [3.05, 3.63) is 53.3 Å². The van der Waals surface area contributed by atoms with E-state index in [1.807, 2.05) is 60.4 Å². The van der Waals surface area contributed by atoms with E-state index in [9.17, 15) is 9.59 Å². The van der Waals surface area contributed by atoms with Gasteiger partial charge < -0.3 is 15.1 Å². The standard InChI is InChI=1S/C22H29N5O2/c1-16-5-3-4-6-17(16)11-21(28)26-7-9-27(10-8-26)22(29)20-14-23-13-19(20)18-12-24-25(2)15-18/h3-6,12,15,19-20,23H,7-11,13-14H2,1-2H3/t19-,20+/m1/s1. The van der Waals surface area contributed by atoms with E-state index in [1.54, 1.807) is 4.68 Å². The van der Waals surface area contributed by atoms with Crippen LogP contribution in [0.25, 0.3) is 0 Å². The van der Waals surface area contributed by atoms with Gasteiger partial charge in [-0.05, 0) is 23.6 Å². The summed E-state index contributed by atoms with van der Waals surface area (Å²) in [5.41, 5.74) is 3.33. The number of aryl methyl sites for hydroxylation is 2. The fraction of sp³-hybridized carbons (Fsp3) is 0.500. The van der Waals surface area contributed by atoms with Crippen molar-refractivity contribution in [2.24, 2.45) is 13.0 Å². The largest absolute Gasteiger partial charge is 0.339 e. The number of piperazine rings is 1. The lowest BCUT2D eigenvalue weighted by molar-refractivity contribution is -0.141. The van der Waals surface area contributed by atoms with Gasteiger partial charge in [-0.3, -0.25) is 14.3 Å². The predicted octanol–water partition coefficient (Wildman–Crippen LogP) is 0.945. The van der Waals surface area contributed by atoms with Gasteiger partial charge in [0.15, 0.2) is 0 Å². The minimum Gasteiger partial charge on any atom is -0.339 e. The molecule has 29 heavy (non-hydrogen) atoms. The minimum absolute atomic E-state index is 0.0616. The molecule has 0 unspecified atom stereocenters. The van der Waals surface area contributed by atoms with Gasteiger partial charge in [0.2, 0.25) is 11.8 Å². The molecule has 7 nitrogen and oxygen atoms in total. The van der Waals surface area contributed by atoms with Gasteiger partial charge in [0, 0.05) is 58.4 Å². The summed E-state index contributed by atoms with van der Waals surface area (Å²) < 4.78 is 1.79. The number of hydrogen-bond acceptors (Lipinski definition) is 4. The zero-order valence-electron chi connectivity index (χ0n) is 17.2. The van der Waals surface area contributed by atoms with Crippen molar-refractivity contribution in [1.29, 1.82) is 0 Å². The third-order valence-electron chi connectivity index (χ3n) is 6.23. The lowest BCUT2D eigenvalue weighted by Crippen LogP contribution is -2.52. The Bertz CT molecular complexity index is 885. The van der Waals surface area contributed by atoms with Crippen LogP contribution in [0.2, 0.25) is 0 Å². The van der Waals surface area contributed by atoms with Crippen molar-refractivity contribution in [2.75, 3.05) is 39.3 Å². The molecule has 1 N–H and O–H groups in total. The zero-order valence-corrected chi connectivity index (χ0v) is 17.2. The molecule has 2 fully saturated rings. The topological polar surface area (TPSA) is 70.5 Å². The van der Waals surface area contributed by atoms with Crippen molar-refractivity contribution < 1.29 is 9.59 Å². The molecular weight excluding hydrogens is 366 g/mol. The number of benzene rings is 1. The van der Waals surface area contributed by atoms with Gasteiger partial charge in [-0.15, -0.1) is 0 Å². The van der Waals surface area contributed by atoms with E-state index in [4.69, 9.17) is 0 Å². The second-order valence-corrected chi connectivity index (χ2v) is 8.13. The van der Waals surface area contributed by atoms with Gasteiger partial charge in [-0.25, -0.2) is 0 Å². The highest BCUT2D eigenvalue weighted by molar-refractivity contribution is 5.82. The van der Waals surface area contributed by atoms with Crippen molar-refractivity contribution in [3.63, 3.8) is 0 Å². The van der Waals surface area contributed by atoms with Crippen LogP contribution in [-0.2, 0) is 23.1 Å². The maximum absolute atomic E-state index is 13.2. The molecule has 0 bridgehead atoms. The minimum atomic E-state index is -0.0616. The monoisotopic (exact) mass is 395 g/mol. The van der Waals surface area contributed by atoms with Crippen LogP contribution < -0.4 is 5.32 Å². The van der Waals surface area contributed by atoms with E-state index in [1.165, 1.54) is 0 Å². The summed E-state index contributed by atoms with van der Waals surface area (Å²) in [6.45, 7) is 5.96. The van der Waals surface area contributed by atoms with Crippen molar-refractivity contribution in [1.82, 2.24) is 24.9 Å². The van der Waals surface area contributed by atoms with Crippen LogP contribution in [0.4, 0.5) is 0 Å². The van der Waals surface area contributed by atoms with Crippen LogP contribution in [0.15, 0.2) is 36.7 Å². The Labute approximate surface area is 171 Å². The maximum Gasteiger partial charge on any atom is 0.227 e. The normalized spacial score (nSPS) is 22.1. The molecule has 0 saturated carbocycles. The Morgan fingerprint density at radius 2 is 1.83 bits per heavy atom. The number of aromatic nitrogens is 2. The molecule has 0 aliphatic carbocycles. The second kappa shape index (κ2) is 8.37. The predicted molar refractivity (Wildman–Crippen MR) is 110 cm³/mol. The maximum atomic E-state index is 13.2. The van der Waals surface area contributed by atoms with Crippen LogP contribution in [0.5, 0.6) is 0 Å². The first-order valence-electron chi connectivity index (χ1n) is 10.3. The average Bonchev–Trinajstić information content (AvgIpc) is 3.38. The third-order valence-corrected chi connectivity index (χ3v) is 6.23. The highest BCUT2D eigenvalue weighted by Crippen LogP contribution is 2.29. The van der Waals surface area contributed by atoms with Crippen LogP contribution in [-0.4, -0.2) is 70.7 Å². The van der Waals surface area contributed by atoms with Crippen LogP contribution in [0.1, 0.15) is 22.6 Å². The first-order chi connectivity index (χ1) is 14.0. The summed E-state index contributed by atoms with van der Waals surface area (Å²) in [5.74, 6) is 0.433. The Morgan fingerprint density at radius 1 is 1.10 bits per heavy atom. The lowest BCUT2D eigenvalue weighted by atomic mass is 9.89.